The highest BCUT2D eigenvalue weighted by Gasteiger charge is 2.22. The molecular formula is C9H20N2O. The lowest BCUT2D eigenvalue weighted by atomic mass is 10.0. The maximum atomic E-state index is 9.39. The van der Waals surface area contributed by atoms with Crippen LogP contribution in [0.3, 0.4) is 0 Å². The predicted octanol–water partition coefficient (Wildman–Crippen LogP) is 0.180. The van der Waals surface area contributed by atoms with E-state index in [2.05, 4.69) is 4.90 Å². The van der Waals surface area contributed by atoms with Crippen molar-refractivity contribution >= 4 is 0 Å². The van der Waals surface area contributed by atoms with Gasteiger partial charge in [0.1, 0.15) is 0 Å². The Morgan fingerprint density at radius 2 is 2.25 bits per heavy atom. The number of rotatable bonds is 2. The Kier molecular flexibility index (Phi) is 3.09. The van der Waals surface area contributed by atoms with E-state index in [4.69, 9.17) is 5.73 Å². The largest absolute Gasteiger partial charge is 0.392 e. The Bertz CT molecular complexity index is 142. The minimum absolute atomic E-state index is 0.138. The van der Waals surface area contributed by atoms with Gasteiger partial charge in [-0.1, -0.05) is 0 Å². The third kappa shape index (κ3) is 3.52. The van der Waals surface area contributed by atoms with Crippen LogP contribution in [0.5, 0.6) is 0 Å². The average Bonchev–Trinajstić information content (AvgIpc) is 1.82. The lowest BCUT2D eigenvalue weighted by Crippen LogP contribution is -2.49. The molecule has 0 aromatic rings. The van der Waals surface area contributed by atoms with Crippen molar-refractivity contribution in [2.24, 2.45) is 5.73 Å². The normalized spacial score (nSPS) is 27.5. The van der Waals surface area contributed by atoms with Gasteiger partial charge >= 0.3 is 0 Å². The molecular weight excluding hydrogens is 152 g/mol. The molecule has 0 aromatic heterocycles. The van der Waals surface area contributed by atoms with Gasteiger partial charge in [0.15, 0.2) is 0 Å². The van der Waals surface area contributed by atoms with Crippen molar-refractivity contribution in [1.82, 2.24) is 4.90 Å². The Morgan fingerprint density at radius 3 is 2.75 bits per heavy atom. The van der Waals surface area contributed by atoms with Gasteiger partial charge in [0, 0.05) is 18.6 Å². The van der Waals surface area contributed by atoms with Crippen molar-refractivity contribution in [3.05, 3.63) is 0 Å². The zero-order valence-corrected chi connectivity index (χ0v) is 8.08. The summed E-state index contributed by atoms with van der Waals surface area (Å²) < 4.78 is 0. The van der Waals surface area contributed by atoms with Crippen LogP contribution in [0.25, 0.3) is 0 Å². The standard InChI is InChI=1S/C9H20N2O/c1-9(2,10)7-11-5-3-4-8(12)6-11/h8,12H,3-7,10H2,1-2H3/t8-/m1/s1. The van der Waals surface area contributed by atoms with Gasteiger partial charge in [-0.3, -0.25) is 4.90 Å². The minimum atomic E-state index is -0.142. The Balaban J connectivity index is 2.32. The summed E-state index contributed by atoms with van der Waals surface area (Å²) in [5.41, 5.74) is 5.75. The van der Waals surface area contributed by atoms with E-state index in [0.29, 0.717) is 0 Å². The smallest absolute Gasteiger partial charge is 0.0667 e. The van der Waals surface area contributed by atoms with Gasteiger partial charge < -0.3 is 10.8 Å². The highest BCUT2D eigenvalue weighted by atomic mass is 16.3. The number of nitrogens with two attached hydrogens (primary N) is 1. The summed E-state index contributed by atoms with van der Waals surface area (Å²) in [6, 6.07) is 0. The van der Waals surface area contributed by atoms with Crippen LogP contribution in [0.4, 0.5) is 0 Å². The van der Waals surface area contributed by atoms with Crippen LogP contribution in [0.15, 0.2) is 0 Å². The number of hydrogen-bond acceptors (Lipinski definition) is 3. The minimum Gasteiger partial charge on any atom is -0.392 e. The molecule has 1 atom stereocenters. The van der Waals surface area contributed by atoms with Crippen LogP contribution in [0, 0.1) is 0 Å². The maximum Gasteiger partial charge on any atom is 0.0667 e. The fourth-order valence-corrected chi connectivity index (χ4v) is 1.75. The summed E-state index contributed by atoms with van der Waals surface area (Å²) in [6.07, 6.45) is 1.90. The predicted molar refractivity (Wildman–Crippen MR) is 49.9 cm³/mol. The van der Waals surface area contributed by atoms with E-state index in [-0.39, 0.29) is 11.6 Å². The van der Waals surface area contributed by atoms with Gasteiger partial charge in [0.25, 0.3) is 0 Å². The summed E-state index contributed by atoms with van der Waals surface area (Å²) in [5.74, 6) is 0. The molecule has 0 radical (unpaired) electrons. The molecule has 3 N–H and O–H groups in total. The summed E-state index contributed by atoms with van der Waals surface area (Å²) in [6.45, 7) is 6.80. The Labute approximate surface area is 74.5 Å². The third-order valence-electron chi connectivity index (χ3n) is 2.11. The van der Waals surface area contributed by atoms with E-state index in [0.717, 1.165) is 32.5 Å². The van der Waals surface area contributed by atoms with Crippen LogP contribution in [-0.2, 0) is 0 Å². The molecule has 1 aliphatic rings. The first-order chi connectivity index (χ1) is 5.47. The van der Waals surface area contributed by atoms with E-state index in [1.807, 2.05) is 13.8 Å². The molecule has 0 aromatic carbocycles. The molecule has 0 aliphatic carbocycles. The molecule has 12 heavy (non-hydrogen) atoms. The van der Waals surface area contributed by atoms with E-state index in [1.165, 1.54) is 0 Å². The Morgan fingerprint density at radius 1 is 1.58 bits per heavy atom. The number of piperidine rings is 1. The second-order valence-electron chi connectivity index (χ2n) is 4.52. The number of β-amino-alcohol motifs (C(OH)–C–C–N with tert-alkyl or cyclic N) is 1. The van der Waals surface area contributed by atoms with Crippen LogP contribution in [-0.4, -0.2) is 41.3 Å². The monoisotopic (exact) mass is 172 g/mol. The molecule has 1 heterocycles. The molecule has 1 saturated heterocycles. The molecule has 3 heteroatoms. The average molecular weight is 172 g/mol. The van der Waals surface area contributed by atoms with Gasteiger partial charge in [0.2, 0.25) is 0 Å². The number of aliphatic hydroxyl groups excluding tert-OH is 1. The Hall–Kier alpha value is -0.120. The van der Waals surface area contributed by atoms with Gasteiger partial charge in [0.05, 0.1) is 6.10 Å². The topological polar surface area (TPSA) is 49.5 Å². The highest BCUT2D eigenvalue weighted by Crippen LogP contribution is 2.12. The fourth-order valence-electron chi connectivity index (χ4n) is 1.75. The molecule has 72 valence electrons. The first-order valence-corrected chi connectivity index (χ1v) is 4.67. The molecule has 0 bridgehead atoms. The highest BCUT2D eigenvalue weighted by molar-refractivity contribution is 4.81. The molecule has 0 amide bonds. The summed E-state index contributed by atoms with van der Waals surface area (Å²) in [7, 11) is 0. The molecule has 0 unspecified atom stereocenters. The zero-order chi connectivity index (χ0) is 9.19. The van der Waals surface area contributed by atoms with Crippen molar-refractivity contribution in [3.63, 3.8) is 0 Å². The van der Waals surface area contributed by atoms with Crippen molar-refractivity contribution in [3.8, 4) is 0 Å². The summed E-state index contributed by atoms with van der Waals surface area (Å²) in [5, 5.41) is 9.39. The molecule has 0 saturated carbocycles. The molecule has 0 spiro atoms. The quantitative estimate of drug-likeness (QED) is 0.625. The molecule has 1 rings (SSSR count). The van der Waals surface area contributed by atoms with Crippen molar-refractivity contribution in [2.45, 2.75) is 38.3 Å². The van der Waals surface area contributed by atoms with E-state index in [9.17, 15) is 5.11 Å². The van der Waals surface area contributed by atoms with Crippen molar-refractivity contribution in [2.75, 3.05) is 19.6 Å². The summed E-state index contributed by atoms with van der Waals surface area (Å²) in [4.78, 5) is 2.24. The molecule has 3 nitrogen and oxygen atoms in total. The number of nitrogens with zero attached hydrogens (tertiary/aromatic N) is 1. The SMILES string of the molecule is CC(C)(N)CN1CCC[C@@H](O)C1. The van der Waals surface area contributed by atoms with E-state index < -0.39 is 0 Å². The molecule has 1 aliphatic heterocycles. The maximum absolute atomic E-state index is 9.39. The van der Waals surface area contributed by atoms with Crippen LogP contribution in [0.2, 0.25) is 0 Å². The van der Waals surface area contributed by atoms with Crippen LogP contribution in [0.1, 0.15) is 26.7 Å². The van der Waals surface area contributed by atoms with E-state index in [1.54, 1.807) is 0 Å². The van der Waals surface area contributed by atoms with Crippen LogP contribution >= 0.6 is 0 Å². The van der Waals surface area contributed by atoms with Crippen LogP contribution < -0.4 is 5.73 Å². The van der Waals surface area contributed by atoms with Gasteiger partial charge in [-0.15, -0.1) is 0 Å². The second-order valence-corrected chi connectivity index (χ2v) is 4.52. The number of aliphatic hydroxyl groups is 1. The van der Waals surface area contributed by atoms with Crippen molar-refractivity contribution < 1.29 is 5.11 Å². The lowest BCUT2D eigenvalue weighted by molar-refractivity contribution is 0.0616. The third-order valence-corrected chi connectivity index (χ3v) is 2.11. The molecule has 1 fully saturated rings. The van der Waals surface area contributed by atoms with Gasteiger partial charge in [-0.2, -0.15) is 0 Å². The fraction of sp³-hybridized carbons (Fsp3) is 1.00. The number of hydrogen-bond donors (Lipinski definition) is 2. The van der Waals surface area contributed by atoms with E-state index >= 15 is 0 Å². The van der Waals surface area contributed by atoms with Gasteiger partial charge in [-0.25, -0.2) is 0 Å². The number of likely N-dealkylation sites (tertiary alicyclic amines) is 1. The van der Waals surface area contributed by atoms with Gasteiger partial charge in [-0.05, 0) is 33.2 Å². The first-order valence-electron chi connectivity index (χ1n) is 4.67. The second kappa shape index (κ2) is 3.73. The van der Waals surface area contributed by atoms with Crippen molar-refractivity contribution in [1.29, 1.82) is 0 Å². The summed E-state index contributed by atoms with van der Waals surface area (Å²) >= 11 is 0. The first kappa shape index (κ1) is 9.96. The lowest BCUT2D eigenvalue weighted by Gasteiger charge is -2.34. The zero-order valence-electron chi connectivity index (χ0n) is 8.08.